The van der Waals surface area contributed by atoms with Crippen molar-refractivity contribution in [2.24, 2.45) is 5.10 Å². The Bertz CT molecular complexity index is 1830. The van der Waals surface area contributed by atoms with Gasteiger partial charge in [0.2, 0.25) is 5.82 Å². The van der Waals surface area contributed by atoms with Crippen molar-refractivity contribution in [3.63, 3.8) is 0 Å². The third-order valence-electron chi connectivity index (χ3n) is 5.94. The number of hydrogen-bond acceptors (Lipinski definition) is 8. The molecule has 5 rings (SSSR count). The number of benzene rings is 3. The molecule has 0 aliphatic carbocycles. The number of aromatic nitrogens is 2. The van der Waals surface area contributed by atoms with Gasteiger partial charge in [0.15, 0.2) is 23.4 Å². The molecule has 0 N–H and O–H groups in total. The second-order valence-corrected chi connectivity index (χ2v) is 10.3. The molecule has 0 radical (unpaired) electrons. The van der Waals surface area contributed by atoms with Gasteiger partial charge in [0.25, 0.3) is 5.56 Å². The van der Waals surface area contributed by atoms with Crippen LogP contribution in [0.3, 0.4) is 0 Å². The summed E-state index contributed by atoms with van der Waals surface area (Å²) in [5.74, 6) is 0.905. The Hall–Kier alpha value is -3.90. The molecule has 5 aromatic rings. The van der Waals surface area contributed by atoms with Gasteiger partial charge in [0.1, 0.15) is 5.58 Å². The van der Waals surface area contributed by atoms with Gasteiger partial charge in [0.05, 0.1) is 34.4 Å². The number of nitrogens with zero attached hydrogens (tertiary/aromatic N) is 3. The van der Waals surface area contributed by atoms with E-state index in [0.29, 0.717) is 47.9 Å². The summed E-state index contributed by atoms with van der Waals surface area (Å²) in [5.41, 5.74) is 1.38. The van der Waals surface area contributed by atoms with Gasteiger partial charge in [-0.1, -0.05) is 23.7 Å². The highest BCUT2D eigenvalue weighted by Gasteiger charge is 2.21. The number of hydrogen-bond donors (Lipinski definition) is 0. The summed E-state index contributed by atoms with van der Waals surface area (Å²) in [6, 6.07) is 17.6. The van der Waals surface area contributed by atoms with Crippen LogP contribution in [0.2, 0.25) is 5.02 Å². The number of ether oxygens (including phenoxy) is 3. The van der Waals surface area contributed by atoms with E-state index in [0.717, 1.165) is 5.39 Å². The second kappa shape index (κ2) is 11.7. The van der Waals surface area contributed by atoms with E-state index in [2.05, 4.69) is 27.7 Å². The SMILES string of the molecule is CCOC(=O)[C@H](C)Oc1c(I)cc(C=Nn2c(-c3cc4cc(Cl)ccc4o3)nc3ccccc3c2=O)cc1OC. The lowest BCUT2D eigenvalue weighted by Gasteiger charge is -2.17. The highest BCUT2D eigenvalue weighted by molar-refractivity contribution is 14.1. The zero-order valence-electron chi connectivity index (χ0n) is 21.7. The predicted octanol–water partition coefficient (Wildman–Crippen LogP) is 6.29. The number of furan rings is 1. The molecule has 2 heterocycles. The number of carbonyl (C=O) groups is 1. The zero-order chi connectivity index (χ0) is 28.4. The Morgan fingerprint density at radius 1 is 1.20 bits per heavy atom. The minimum absolute atomic E-state index is 0.233. The molecule has 11 heteroatoms. The molecular weight excluding hydrogens is 649 g/mol. The fourth-order valence-electron chi connectivity index (χ4n) is 4.05. The highest BCUT2D eigenvalue weighted by Crippen LogP contribution is 2.35. The van der Waals surface area contributed by atoms with Gasteiger partial charge in [-0.3, -0.25) is 4.79 Å². The quantitative estimate of drug-likeness (QED) is 0.109. The fraction of sp³-hybridized carbons (Fsp3) is 0.172. The molecule has 0 aliphatic heterocycles. The van der Waals surface area contributed by atoms with Crippen LogP contribution in [0.15, 0.2) is 75.0 Å². The number of esters is 1. The number of methoxy groups -OCH3 is 1. The van der Waals surface area contributed by atoms with Crippen LogP contribution in [0.5, 0.6) is 11.5 Å². The summed E-state index contributed by atoms with van der Waals surface area (Å²) < 4.78 is 24.3. The van der Waals surface area contributed by atoms with Crippen LogP contribution in [-0.2, 0) is 9.53 Å². The summed E-state index contributed by atoms with van der Waals surface area (Å²) >= 11 is 8.24. The average Bonchev–Trinajstić information content (AvgIpc) is 3.36. The van der Waals surface area contributed by atoms with Crippen molar-refractivity contribution in [2.75, 3.05) is 13.7 Å². The summed E-state index contributed by atoms with van der Waals surface area (Å²) in [6.07, 6.45) is 0.690. The maximum Gasteiger partial charge on any atom is 0.347 e. The first kappa shape index (κ1) is 27.7. The van der Waals surface area contributed by atoms with Gasteiger partial charge in [-0.25, -0.2) is 9.78 Å². The summed E-state index contributed by atoms with van der Waals surface area (Å²) in [6.45, 7) is 3.59. The Kier molecular flexibility index (Phi) is 8.08. The topological polar surface area (TPSA) is 105 Å². The standard InChI is InChI=1S/C29H23ClIN3O6/c1-4-38-29(36)16(2)39-26-21(31)11-17(12-24(26)37-3)15-32-34-27(33-22-8-6-5-7-20(22)28(34)35)25-14-18-13-19(30)9-10-23(18)40-25/h5-16H,4H2,1-3H3/t16-/m0/s1. The van der Waals surface area contributed by atoms with Gasteiger partial charge >= 0.3 is 5.97 Å². The second-order valence-electron chi connectivity index (χ2n) is 8.65. The lowest BCUT2D eigenvalue weighted by Crippen LogP contribution is -2.26. The van der Waals surface area contributed by atoms with E-state index < -0.39 is 12.1 Å². The van der Waals surface area contributed by atoms with Crippen LogP contribution in [0.4, 0.5) is 0 Å². The third kappa shape index (κ3) is 5.54. The summed E-state index contributed by atoms with van der Waals surface area (Å²) in [7, 11) is 1.50. The maximum atomic E-state index is 13.6. The van der Waals surface area contributed by atoms with E-state index in [4.69, 9.17) is 35.2 Å². The first-order chi connectivity index (χ1) is 19.3. The van der Waals surface area contributed by atoms with Crippen molar-refractivity contribution in [3.8, 4) is 23.1 Å². The molecule has 0 unspecified atom stereocenters. The van der Waals surface area contributed by atoms with Crippen molar-refractivity contribution >= 4 is 68.2 Å². The van der Waals surface area contributed by atoms with Crippen LogP contribution in [-0.4, -0.2) is 41.7 Å². The van der Waals surface area contributed by atoms with E-state index >= 15 is 0 Å². The smallest absolute Gasteiger partial charge is 0.347 e. The molecule has 0 aliphatic rings. The largest absolute Gasteiger partial charge is 0.493 e. The van der Waals surface area contributed by atoms with Crippen LogP contribution < -0.4 is 15.0 Å². The minimum atomic E-state index is -0.828. The van der Waals surface area contributed by atoms with Crippen LogP contribution in [0.1, 0.15) is 19.4 Å². The van der Waals surface area contributed by atoms with Crippen molar-refractivity contribution in [3.05, 3.63) is 85.2 Å². The molecule has 204 valence electrons. The van der Waals surface area contributed by atoms with Gasteiger partial charge in [-0.15, -0.1) is 0 Å². The van der Waals surface area contributed by atoms with Crippen molar-refractivity contribution in [2.45, 2.75) is 20.0 Å². The molecule has 0 spiro atoms. The van der Waals surface area contributed by atoms with Gasteiger partial charge in [-0.2, -0.15) is 9.78 Å². The van der Waals surface area contributed by atoms with Crippen molar-refractivity contribution < 1.29 is 23.4 Å². The van der Waals surface area contributed by atoms with Crippen LogP contribution in [0.25, 0.3) is 33.5 Å². The monoisotopic (exact) mass is 671 g/mol. The van der Waals surface area contributed by atoms with E-state index in [1.54, 1.807) is 68.4 Å². The molecule has 2 aromatic heterocycles. The lowest BCUT2D eigenvalue weighted by atomic mass is 10.2. The molecule has 0 bridgehead atoms. The highest BCUT2D eigenvalue weighted by atomic mass is 127. The van der Waals surface area contributed by atoms with Crippen molar-refractivity contribution in [1.82, 2.24) is 9.66 Å². The lowest BCUT2D eigenvalue weighted by molar-refractivity contribution is -0.150. The Labute approximate surface area is 247 Å². The number of rotatable bonds is 8. The Balaban J connectivity index is 1.58. The number of carbonyl (C=O) groups excluding carboxylic acids is 1. The normalized spacial score (nSPS) is 12.2. The molecule has 40 heavy (non-hydrogen) atoms. The predicted molar refractivity (Wildman–Crippen MR) is 162 cm³/mol. The molecule has 0 amide bonds. The van der Waals surface area contributed by atoms with Crippen LogP contribution >= 0.6 is 34.2 Å². The Morgan fingerprint density at radius 2 is 2.00 bits per heavy atom. The van der Waals surface area contributed by atoms with E-state index in [-0.39, 0.29) is 18.0 Å². The molecule has 0 saturated carbocycles. The summed E-state index contributed by atoms with van der Waals surface area (Å²) in [5, 5.41) is 6.25. The Morgan fingerprint density at radius 3 is 2.77 bits per heavy atom. The van der Waals surface area contributed by atoms with E-state index in [1.165, 1.54) is 18.0 Å². The van der Waals surface area contributed by atoms with Crippen LogP contribution in [0, 0.1) is 3.57 Å². The van der Waals surface area contributed by atoms with Gasteiger partial charge < -0.3 is 18.6 Å². The molecule has 3 aromatic carbocycles. The van der Waals surface area contributed by atoms with E-state index in [9.17, 15) is 9.59 Å². The molecule has 9 nitrogen and oxygen atoms in total. The van der Waals surface area contributed by atoms with Gasteiger partial charge in [-0.05, 0) is 90.5 Å². The molecule has 0 fully saturated rings. The zero-order valence-corrected chi connectivity index (χ0v) is 24.6. The molecular formula is C29H23ClIN3O6. The molecule has 1 atom stereocenters. The summed E-state index contributed by atoms with van der Waals surface area (Å²) in [4.78, 5) is 30.3. The van der Waals surface area contributed by atoms with Crippen molar-refractivity contribution in [1.29, 1.82) is 0 Å². The third-order valence-corrected chi connectivity index (χ3v) is 6.98. The first-order valence-corrected chi connectivity index (χ1v) is 13.7. The number of fused-ring (bicyclic) bond motifs is 2. The minimum Gasteiger partial charge on any atom is -0.493 e. The van der Waals surface area contributed by atoms with Gasteiger partial charge in [0, 0.05) is 10.4 Å². The fourth-order valence-corrected chi connectivity index (χ4v) is 4.99. The maximum absolute atomic E-state index is 13.6. The molecule has 0 saturated heterocycles. The average molecular weight is 672 g/mol. The number of para-hydroxylation sites is 1. The van der Waals surface area contributed by atoms with E-state index in [1.807, 2.05) is 6.07 Å². The number of halogens is 2. The first-order valence-electron chi connectivity index (χ1n) is 12.3.